The molecule has 186 valence electrons. The van der Waals surface area contributed by atoms with Crippen LogP contribution in [-0.4, -0.2) is 21.1 Å². The number of rotatable bonds is 10. The Morgan fingerprint density at radius 2 is 1.32 bits per heavy atom. The van der Waals surface area contributed by atoms with Crippen molar-refractivity contribution in [2.75, 3.05) is 7.11 Å². The molecule has 0 aliphatic heterocycles. The monoisotopic (exact) mass is 522 g/mol. The Kier molecular flexibility index (Phi) is 26.6. The van der Waals surface area contributed by atoms with Gasteiger partial charge >= 0.3 is 33.9 Å². The minimum Gasteiger partial charge on any atom is 0 e. The minimum atomic E-state index is -2.17. The first-order valence-corrected chi connectivity index (χ1v) is 13.2. The fourth-order valence-corrected chi connectivity index (χ4v) is 11.6. The molecule has 0 aliphatic rings. The van der Waals surface area contributed by atoms with Gasteiger partial charge in [0, 0.05) is 34.6 Å². The van der Waals surface area contributed by atoms with Crippen LogP contribution in [0.3, 0.4) is 0 Å². The van der Waals surface area contributed by atoms with Gasteiger partial charge in [0.05, 0.1) is 7.11 Å². The Morgan fingerprint density at radius 1 is 0.912 bits per heavy atom. The van der Waals surface area contributed by atoms with Crippen molar-refractivity contribution in [2.45, 2.75) is 84.4 Å². The maximum absolute atomic E-state index is 12.6. The van der Waals surface area contributed by atoms with Crippen molar-refractivity contribution >= 4 is 19.6 Å². The zero-order chi connectivity index (χ0) is 26.6. The summed E-state index contributed by atoms with van der Waals surface area (Å²) < 4.78 is 28.4. The molecule has 1 rings (SSSR count). The first-order chi connectivity index (χ1) is 15.8. The standard InChI is InChI=1S/C24H38O2Si.3CO.Cr/c1-9-10-16-22(26-8)24(21-14-12-11-13-15-21)23(17-25)27(18(2)3,19(4)5)20(6)7;3*1-2;/h11-15,18-20H,9-10,16H2,1-8H3;;;;/b24-22+;;;;. The summed E-state index contributed by atoms with van der Waals surface area (Å²) in [4.78, 5) is 12.6. The average Bonchev–Trinajstić information content (AvgIpc) is 2.84. The zero-order valence-electron chi connectivity index (χ0n) is 21.7. The molecule has 1 aromatic carbocycles. The Labute approximate surface area is 218 Å². The van der Waals surface area contributed by atoms with Gasteiger partial charge in [-0.1, -0.05) is 85.2 Å². The molecule has 0 unspecified atom stereocenters. The molecule has 0 saturated heterocycles. The first kappa shape index (κ1) is 39.4. The van der Waals surface area contributed by atoms with Gasteiger partial charge in [0.2, 0.25) is 0 Å². The van der Waals surface area contributed by atoms with E-state index in [2.05, 4.69) is 86.5 Å². The van der Waals surface area contributed by atoms with Crippen molar-refractivity contribution in [3.05, 3.63) is 66.8 Å². The van der Waals surface area contributed by atoms with E-state index in [9.17, 15) is 4.79 Å². The van der Waals surface area contributed by atoms with Gasteiger partial charge in [-0.3, -0.25) is 0 Å². The average molecular weight is 523 g/mol. The summed E-state index contributed by atoms with van der Waals surface area (Å²) in [6.45, 7) is 29.4. The van der Waals surface area contributed by atoms with Gasteiger partial charge in [0.1, 0.15) is 19.8 Å². The first-order valence-electron chi connectivity index (χ1n) is 11.0. The third kappa shape index (κ3) is 10.2. The normalized spacial score (nSPS) is 10.5. The molecule has 7 heteroatoms. The van der Waals surface area contributed by atoms with Gasteiger partial charge in [0.15, 0.2) is 0 Å². The summed E-state index contributed by atoms with van der Waals surface area (Å²) in [7, 11) is -0.430. The molecule has 0 amide bonds. The Balaban J connectivity index is -0.000000593. The smallest absolute Gasteiger partial charge is 0 e. The summed E-state index contributed by atoms with van der Waals surface area (Å²) >= 11 is 0. The van der Waals surface area contributed by atoms with Crippen LogP contribution in [0, 0.1) is 20.0 Å². The Morgan fingerprint density at radius 3 is 1.62 bits per heavy atom. The second-order valence-corrected chi connectivity index (χ2v) is 14.2. The number of carbonyl (C=O) groups excluding carboxylic acids is 1. The number of hydrogen-bond donors (Lipinski definition) is 0. The quantitative estimate of drug-likeness (QED) is 0.0820. The van der Waals surface area contributed by atoms with Crippen molar-refractivity contribution in [3.63, 3.8) is 0 Å². The molecule has 0 bridgehead atoms. The largest absolute Gasteiger partial charge is 0 e. The number of methoxy groups -OCH3 is 1. The minimum absolute atomic E-state index is 0. The summed E-state index contributed by atoms with van der Waals surface area (Å²) in [6, 6.07) is 10.3. The van der Waals surface area contributed by atoms with E-state index in [1.807, 2.05) is 18.2 Å². The van der Waals surface area contributed by atoms with Crippen LogP contribution in [0.2, 0.25) is 16.6 Å². The van der Waals surface area contributed by atoms with E-state index in [1.165, 1.54) is 0 Å². The molecule has 34 heavy (non-hydrogen) atoms. The molecule has 1 aromatic rings. The maximum Gasteiger partial charge on any atom is 0 e. The summed E-state index contributed by atoms with van der Waals surface area (Å²) in [5, 5.41) is 0.904. The van der Waals surface area contributed by atoms with E-state index in [0.717, 1.165) is 41.4 Å². The van der Waals surface area contributed by atoms with Gasteiger partial charge < -0.3 is 4.74 Å². The van der Waals surface area contributed by atoms with E-state index in [0.29, 0.717) is 16.6 Å². The van der Waals surface area contributed by atoms with E-state index >= 15 is 0 Å². The van der Waals surface area contributed by atoms with Gasteiger partial charge in [-0.2, -0.15) is 0 Å². The van der Waals surface area contributed by atoms with Crippen LogP contribution in [0.1, 0.15) is 73.3 Å². The number of allylic oxidation sites excluding steroid dienone is 3. The van der Waals surface area contributed by atoms with Crippen molar-refractivity contribution in [1.82, 2.24) is 0 Å². The molecule has 0 spiro atoms. The van der Waals surface area contributed by atoms with Crippen LogP contribution in [0.5, 0.6) is 0 Å². The summed E-state index contributed by atoms with van der Waals surface area (Å²) in [5.74, 6) is 3.40. The van der Waals surface area contributed by atoms with Gasteiger partial charge in [-0.05, 0) is 28.6 Å². The fraction of sp³-hybridized carbons (Fsp3) is 0.519. The molecule has 0 aliphatic carbocycles. The van der Waals surface area contributed by atoms with Crippen molar-refractivity contribution < 1.29 is 40.8 Å². The summed E-state index contributed by atoms with van der Waals surface area (Å²) in [5.41, 5.74) is 3.40. The van der Waals surface area contributed by atoms with Gasteiger partial charge in [-0.25, -0.2) is 4.79 Å². The third-order valence-electron chi connectivity index (χ3n) is 6.00. The topological polar surface area (TPSA) is 86.0 Å². The molecule has 0 saturated carbocycles. The fourth-order valence-electron chi connectivity index (χ4n) is 4.94. The van der Waals surface area contributed by atoms with Crippen LogP contribution < -0.4 is 0 Å². The van der Waals surface area contributed by atoms with Crippen LogP contribution in [-0.2, 0) is 40.8 Å². The number of ether oxygens (including phenoxy) is 1. The molecular formula is C27H38CrO5Si. The maximum atomic E-state index is 12.6. The van der Waals surface area contributed by atoms with E-state index in [4.69, 9.17) is 18.7 Å². The predicted octanol–water partition coefficient (Wildman–Crippen LogP) is 7.10. The Hall–Kier alpha value is -1.82. The molecule has 0 atom stereocenters. The number of benzene rings is 1. The van der Waals surface area contributed by atoms with E-state index in [-0.39, 0.29) is 17.4 Å². The molecule has 0 N–H and O–H groups in total. The predicted molar refractivity (Wildman–Crippen MR) is 132 cm³/mol. The van der Waals surface area contributed by atoms with Gasteiger partial charge in [0.25, 0.3) is 0 Å². The molecule has 5 nitrogen and oxygen atoms in total. The SMILES string of the molecule is CCCC/C(OC)=C(\C(=C=O)[Si](C(C)C)(C(C)C)C(C)C)c1ccccc1.[C-]#[O+].[C-]#[O+].[C-]#[O+].[Cr]. The molecule has 0 aromatic heterocycles. The van der Waals surface area contributed by atoms with Crippen molar-refractivity contribution in [2.24, 2.45) is 0 Å². The number of hydrogen-bond acceptors (Lipinski definition) is 2. The zero-order valence-corrected chi connectivity index (χ0v) is 24.0. The molecule has 0 fully saturated rings. The van der Waals surface area contributed by atoms with Crippen molar-refractivity contribution in [1.29, 1.82) is 0 Å². The third-order valence-corrected chi connectivity index (χ3v) is 12.9. The molecule has 0 heterocycles. The Bertz CT molecular complexity index is 765. The summed E-state index contributed by atoms with van der Waals surface area (Å²) in [6.07, 6.45) is 2.99. The van der Waals surface area contributed by atoms with E-state index < -0.39 is 8.07 Å². The second kappa shape index (κ2) is 22.9. The van der Waals surface area contributed by atoms with Crippen LogP contribution in [0.25, 0.3) is 5.57 Å². The van der Waals surface area contributed by atoms with E-state index in [1.54, 1.807) is 7.11 Å². The molecular weight excluding hydrogens is 484 g/mol. The second-order valence-electron chi connectivity index (χ2n) is 8.35. The van der Waals surface area contributed by atoms with Crippen LogP contribution in [0.15, 0.2) is 41.3 Å². The molecule has 0 radical (unpaired) electrons. The number of unbranched alkanes of at least 4 members (excludes halogenated alkanes) is 1. The van der Waals surface area contributed by atoms with Crippen molar-refractivity contribution in [3.8, 4) is 0 Å². The van der Waals surface area contributed by atoms with Crippen LogP contribution >= 0.6 is 0 Å². The van der Waals surface area contributed by atoms with Crippen LogP contribution in [0.4, 0.5) is 0 Å². The van der Waals surface area contributed by atoms with Gasteiger partial charge in [-0.15, -0.1) is 0 Å².